The van der Waals surface area contributed by atoms with Crippen LogP contribution in [-0.4, -0.2) is 17.4 Å². The largest absolute Gasteiger partial charge is 0.444 e. The number of amides is 1. The zero-order chi connectivity index (χ0) is 13.9. The van der Waals surface area contributed by atoms with Crippen LogP contribution in [0.1, 0.15) is 33.3 Å². The lowest BCUT2D eigenvalue weighted by molar-refractivity contribution is 0.0636. The van der Waals surface area contributed by atoms with Crippen LogP contribution in [0.15, 0.2) is 18.2 Å². The van der Waals surface area contributed by atoms with Crippen LogP contribution in [0.2, 0.25) is 0 Å². The molecule has 1 aromatic rings. The van der Waals surface area contributed by atoms with E-state index in [4.69, 9.17) is 10.1 Å². The zero-order valence-electron chi connectivity index (χ0n) is 10.9. The highest BCUT2D eigenvalue weighted by Gasteiger charge is 2.17. The molecule has 0 heterocycles. The Kier molecular flexibility index (Phi) is 4.06. The average molecular weight is 252 g/mol. The quantitative estimate of drug-likeness (QED) is 0.790. The molecule has 98 valence electrons. The van der Waals surface area contributed by atoms with Gasteiger partial charge in [-0.25, -0.2) is 9.18 Å². The molecule has 0 spiro atoms. The molecule has 0 aliphatic rings. The molecule has 2 N–H and O–H groups in total. The normalized spacial score (nSPS) is 10.9. The molecule has 4 nitrogen and oxygen atoms in total. The van der Waals surface area contributed by atoms with Crippen molar-refractivity contribution in [1.82, 2.24) is 0 Å². The van der Waals surface area contributed by atoms with E-state index in [9.17, 15) is 9.18 Å². The molecule has 0 aromatic heterocycles. The standard InChI is InChI=1S/C13H17FN2O2/c1-8(15)10-6-5-9(14)7-11(10)16-12(17)18-13(2,3)4/h5-7,15H,1-4H3,(H,16,17). The molecule has 0 aliphatic carbocycles. The molecular weight excluding hydrogens is 235 g/mol. The van der Waals surface area contributed by atoms with E-state index >= 15 is 0 Å². The van der Waals surface area contributed by atoms with Crippen LogP contribution >= 0.6 is 0 Å². The highest BCUT2D eigenvalue weighted by Crippen LogP contribution is 2.19. The summed E-state index contributed by atoms with van der Waals surface area (Å²) in [4.78, 5) is 11.6. The Morgan fingerprint density at radius 3 is 2.50 bits per heavy atom. The van der Waals surface area contributed by atoms with Crippen molar-refractivity contribution in [2.75, 3.05) is 5.32 Å². The minimum atomic E-state index is -0.671. The van der Waals surface area contributed by atoms with Crippen molar-refractivity contribution in [3.05, 3.63) is 29.6 Å². The lowest BCUT2D eigenvalue weighted by atomic mass is 10.1. The van der Waals surface area contributed by atoms with Gasteiger partial charge in [0.25, 0.3) is 0 Å². The van der Waals surface area contributed by atoms with Crippen LogP contribution in [0.5, 0.6) is 0 Å². The van der Waals surface area contributed by atoms with Gasteiger partial charge in [0.15, 0.2) is 0 Å². The van der Waals surface area contributed by atoms with Crippen LogP contribution in [0.25, 0.3) is 0 Å². The van der Waals surface area contributed by atoms with Crippen LogP contribution in [0.3, 0.4) is 0 Å². The number of nitrogens with one attached hydrogen (secondary N) is 2. The van der Waals surface area contributed by atoms with E-state index < -0.39 is 17.5 Å². The van der Waals surface area contributed by atoms with Crippen molar-refractivity contribution in [1.29, 1.82) is 5.41 Å². The van der Waals surface area contributed by atoms with E-state index in [1.807, 2.05) is 0 Å². The van der Waals surface area contributed by atoms with Crippen molar-refractivity contribution in [2.24, 2.45) is 0 Å². The number of hydrogen-bond donors (Lipinski definition) is 2. The van der Waals surface area contributed by atoms with Crippen molar-refractivity contribution < 1.29 is 13.9 Å². The van der Waals surface area contributed by atoms with Gasteiger partial charge < -0.3 is 10.1 Å². The van der Waals surface area contributed by atoms with Gasteiger partial charge in [-0.05, 0) is 45.9 Å². The van der Waals surface area contributed by atoms with Crippen molar-refractivity contribution in [3.63, 3.8) is 0 Å². The molecule has 0 radical (unpaired) electrons. The molecule has 1 amide bonds. The first-order valence-electron chi connectivity index (χ1n) is 5.54. The van der Waals surface area contributed by atoms with Crippen molar-refractivity contribution >= 4 is 17.5 Å². The maximum atomic E-state index is 13.1. The first kappa shape index (κ1) is 14.2. The molecule has 0 fully saturated rings. The molecule has 1 rings (SSSR count). The molecule has 0 atom stereocenters. The molecule has 1 aromatic carbocycles. The lowest BCUT2D eigenvalue weighted by Gasteiger charge is -2.20. The summed E-state index contributed by atoms with van der Waals surface area (Å²) in [6.45, 7) is 6.77. The third-order valence-electron chi connectivity index (χ3n) is 2.02. The van der Waals surface area contributed by atoms with Gasteiger partial charge >= 0.3 is 6.09 Å². The molecule has 0 saturated heterocycles. The third kappa shape index (κ3) is 4.16. The topological polar surface area (TPSA) is 62.2 Å². The van der Waals surface area contributed by atoms with Crippen LogP contribution in [-0.2, 0) is 4.74 Å². The maximum Gasteiger partial charge on any atom is 0.412 e. The summed E-state index contributed by atoms with van der Waals surface area (Å²) in [5.74, 6) is -0.481. The number of carbonyl (C=O) groups is 1. The molecule has 5 heteroatoms. The number of benzene rings is 1. The van der Waals surface area contributed by atoms with E-state index in [0.29, 0.717) is 5.56 Å². The first-order chi connectivity index (χ1) is 8.19. The van der Waals surface area contributed by atoms with Crippen molar-refractivity contribution in [3.8, 4) is 0 Å². The minimum absolute atomic E-state index is 0.233. The number of halogens is 1. The van der Waals surface area contributed by atoms with Crippen LogP contribution in [0.4, 0.5) is 14.9 Å². The fourth-order valence-corrected chi connectivity index (χ4v) is 1.36. The number of hydrogen-bond acceptors (Lipinski definition) is 3. The van der Waals surface area contributed by atoms with Gasteiger partial charge in [-0.3, -0.25) is 5.32 Å². The smallest absolute Gasteiger partial charge is 0.412 e. The maximum absolute atomic E-state index is 13.1. The summed E-state index contributed by atoms with van der Waals surface area (Å²) in [7, 11) is 0. The number of rotatable bonds is 2. The summed E-state index contributed by atoms with van der Waals surface area (Å²) in [5.41, 5.74) is 0.303. The molecule has 0 unspecified atom stereocenters. The predicted octanol–water partition coefficient (Wildman–Crippen LogP) is 3.56. The SMILES string of the molecule is CC(=N)c1ccc(F)cc1NC(=O)OC(C)(C)C. The fourth-order valence-electron chi connectivity index (χ4n) is 1.36. The summed E-state index contributed by atoms with van der Waals surface area (Å²) < 4.78 is 18.2. The van der Waals surface area contributed by atoms with Gasteiger partial charge in [0, 0.05) is 11.3 Å². The molecule has 0 aliphatic heterocycles. The third-order valence-corrected chi connectivity index (χ3v) is 2.02. The average Bonchev–Trinajstić information content (AvgIpc) is 2.13. The van der Waals surface area contributed by atoms with E-state index in [-0.39, 0.29) is 11.4 Å². The van der Waals surface area contributed by atoms with E-state index in [0.717, 1.165) is 6.07 Å². The number of anilines is 1. The molecule has 18 heavy (non-hydrogen) atoms. The zero-order valence-corrected chi connectivity index (χ0v) is 10.9. The fraction of sp³-hybridized carbons (Fsp3) is 0.385. The Hall–Kier alpha value is -1.91. The second-order valence-electron chi connectivity index (χ2n) is 4.94. The molecular formula is C13H17FN2O2. The summed E-state index contributed by atoms with van der Waals surface area (Å²) in [5, 5.41) is 10.0. The molecule has 0 bridgehead atoms. The molecule has 0 saturated carbocycles. The number of carbonyl (C=O) groups excluding carboxylic acids is 1. The van der Waals surface area contributed by atoms with Gasteiger partial charge in [-0.15, -0.1) is 0 Å². The Morgan fingerprint density at radius 2 is 2.00 bits per heavy atom. The van der Waals surface area contributed by atoms with E-state index in [1.165, 1.54) is 12.1 Å². The Labute approximate surface area is 106 Å². The Morgan fingerprint density at radius 1 is 1.39 bits per heavy atom. The van der Waals surface area contributed by atoms with Gasteiger partial charge in [-0.1, -0.05) is 0 Å². The summed E-state index contributed by atoms with van der Waals surface area (Å²) in [6, 6.07) is 3.86. The van der Waals surface area contributed by atoms with Gasteiger partial charge in [0.2, 0.25) is 0 Å². The second kappa shape index (κ2) is 5.16. The minimum Gasteiger partial charge on any atom is -0.444 e. The first-order valence-corrected chi connectivity index (χ1v) is 5.54. The van der Waals surface area contributed by atoms with Gasteiger partial charge in [0.1, 0.15) is 11.4 Å². The van der Waals surface area contributed by atoms with E-state index in [1.54, 1.807) is 27.7 Å². The van der Waals surface area contributed by atoms with Crippen LogP contribution in [0, 0.1) is 11.2 Å². The lowest BCUT2D eigenvalue weighted by Crippen LogP contribution is -2.27. The van der Waals surface area contributed by atoms with Crippen LogP contribution < -0.4 is 5.32 Å². The Balaban J connectivity index is 2.93. The van der Waals surface area contributed by atoms with Crippen molar-refractivity contribution in [2.45, 2.75) is 33.3 Å². The predicted molar refractivity (Wildman–Crippen MR) is 68.8 cm³/mol. The highest BCUT2D eigenvalue weighted by atomic mass is 19.1. The van der Waals surface area contributed by atoms with Gasteiger partial charge in [-0.2, -0.15) is 0 Å². The summed E-state index contributed by atoms with van der Waals surface area (Å²) >= 11 is 0. The Bertz CT molecular complexity index is 478. The van der Waals surface area contributed by atoms with Gasteiger partial charge in [0.05, 0.1) is 5.69 Å². The summed E-state index contributed by atoms with van der Waals surface area (Å²) in [6.07, 6.45) is -0.671. The number of ether oxygens (including phenoxy) is 1. The highest BCUT2D eigenvalue weighted by molar-refractivity contribution is 6.04. The van der Waals surface area contributed by atoms with E-state index in [2.05, 4.69) is 5.32 Å². The monoisotopic (exact) mass is 252 g/mol. The second-order valence-corrected chi connectivity index (χ2v) is 4.94.